The highest BCUT2D eigenvalue weighted by Gasteiger charge is 2.26. The van der Waals surface area contributed by atoms with Gasteiger partial charge in [-0.25, -0.2) is 0 Å². The molecule has 0 spiro atoms. The fourth-order valence-electron chi connectivity index (χ4n) is 10.6. The Bertz CT molecular complexity index is 1900. The standard InChI is InChI=1S/C64H98O12/c65-55(66)43-29-21-13-5-1-9-17-25-33-47-73-61-51-39-37-41-53-59(51)60-52(62(61)74-48-34-26-18-10-2-6-14-22-30-44-56(67)68)40-38-42-54(60)64(76-50-36-28-20-12-4-8-16-24-32-46-58(71)72)63(53)75-49-35-27-19-11-3-7-15-23-31-45-57(69)70/h37-42H,1-36,43-50H2,(H,65,66)(H,67,68)(H,69,70)(H,71,72). The number of rotatable bonds is 52. The Balaban J connectivity index is 1.49. The Morgan fingerprint density at radius 1 is 0.250 bits per heavy atom. The van der Waals surface area contributed by atoms with E-state index in [9.17, 15) is 19.2 Å². The third-order valence-corrected chi connectivity index (χ3v) is 14.9. The minimum atomic E-state index is -0.710. The van der Waals surface area contributed by atoms with Crippen LogP contribution in [0.25, 0.3) is 32.3 Å². The summed E-state index contributed by atoms with van der Waals surface area (Å²) < 4.78 is 27.6. The maximum absolute atomic E-state index is 10.8. The summed E-state index contributed by atoms with van der Waals surface area (Å²) in [7, 11) is 0. The van der Waals surface area contributed by atoms with E-state index in [1.807, 2.05) is 0 Å². The molecule has 0 atom stereocenters. The van der Waals surface area contributed by atoms with Crippen molar-refractivity contribution in [3.8, 4) is 23.0 Å². The van der Waals surface area contributed by atoms with Crippen LogP contribution in [0.3, 0.4) is 0 Å². The lowest BCUT2D eigenvalue weighted by molar-refractivity contribution is -0.138. The summed E-state index contributed by atoms with van der Waals surface area (Å²) in [6, 6.07) is 12.9. The molecule has 4 aromatic carbocycles. The minimum absolute atomic E-state index is 0.261. The van der Waals surface area contributed by atoms with E-state index in [0.717, 1.165) is 235 Å². The van der Waals surface area contributed by atoms with Gasteiger partial charge in [0.1, 0.15) is 0 Å². The van der Waals surface area contributed by atoms with E-state index in [1.54, 1.807) is 0 Å². The number of carboxylic acids is 4. The molecule has 0 amide bonds. The maximum atomic E-state index is 10.8. The summed E-state index contributed by atoms with van der Waals surface area (Å²) >= 11 is 0. The Labute approximate surface area is 455 Å². The molecule has 4 N–H and O–H groups in total. The van der Waals surface area contributed by atoms with Crippen molar-refractivity contribution in [3.05, 3.63) is 36.4 Å². The van der Waals surface area contributed by atoms with Crippen LogP contribution in [-0.4, -0.2) is 70.7 Å². The molecule has 0 aliphatic rings. The molecule has 12 heteroatoms. The molecule has 0 bridgehead atoms. The summed E-state index contributed by atoms with van der Waals surface area (Å²) in [5, 5.41) is 42.0. The number of carbonyl (C=O) groups is 4. The molecule has 0 aliphatic carbocycles. The Kier molecular flexibility index (Phi) is 33.6. The van der Waals surface area contributed by atoms with Crippen LogP contribution in [0, 0.1) is 0 Å². The van der Waals surface area contributed by atoms with E-state index in [-0.39, 0.29) is 25.7 Å². The lowest BCUT2D eigenvalue weighted by Gasteiger charge is -2.24. The lowest BCUT2D eigenvalue weighted by Crippen LogP contribution is -2.07. The number of aliphatic carboxylic acids is 4. The highest BCUT2D eigenvalue weighted by molar-refractivity contribution is 6.29. The van der Waals surface area contributed by atoms with Crippen molar-refractivity contribution in [2.45, 2.75) is 257 Å². The first-order chi connectivity index (χ1) is 37.2. The van der Waals surface area contributed by atoms with Gasteiger partial charge in [0.25, 0.3) is 0 Å². The van der Waals surface area contributed by atoms with E-state index in [4.69, 9.17) is 39.4 Å². The van der Waals surface area contributed by atoms with Gasteiger partial charge in [0, 0.05) is 58.0 Å². The Morgan fingerprint density at radius 2 is 0.408 bits per heavy atom. The van der Waals surface area contributed by atoms with Gasteiger partial charge in [0.2, 0.25) is 0 Å². The van der Waals surface area contributed by atoms with Crippen LogP contribution in [0.15, 0.2) is 36.4 Å². The molecule has 0 aromatic heterocycles. The predicted octanol–water partition coefficient (Wildman–Crippen LogP) is 18.0. The van der Waals surface area contributed by atoms with E-state index >= 15 is 0 Å². The quantitative estimate of drug-likeness (QED) is 0.0243. The number of hydrogen-bond acceptors (Lipinski definition) is 8. The Hall–Kier alpha value is -5.00. The molecule has 4 aromatic rings. The van der Waals surface area contributed by atoms with E-state index in [0.29, 0.717) is 26.4 Å². The molecule has 4 rings (SSSR count). The zero-order chi connectivity index (χ0) is 54.3. The molecular weight excluding hydrogens is 961 g/mol. The summed E-state index contributed by atoms with van der Waals surface area (Å²) in [6.45, 7) is 2.32. The molecule has 0 fully saturated rings. The maximum Gasteiger partial charge on any atom is 0.303 e. The van der Waals surface area contributed by atoms with Crippen LogP contribution in [0.4, 0.5) is 0 Å². The van der Waals surface area contributed by atoms with Crippen molar-refractivity contribution < 1.29 is 58.6 Å². The van der Waals surface area contributed by atoms with Crippen LogP contribution < -0.4 is 18.9 Å². The number of ether oxygens (including phenoxy) is 4. The molecule has 0 saturated heterocycles. The van der Waals surface area contributed by atoms with E-state index < -0.39 is 23.9 Å². The monoisotopic (exact) mass is 1060 g/mol. The van der Waals surface area contributed by atoms with Crippen LogP contribution in [0.1, 0.15) is 257 Å². The zero-order valence-corrected chi connectivity index (χ0v) is 46.6. The van der Waals surface area contributed by atoms with Crippen molar-refractivity contribution >= 4 is 56.2 Å². The molecule has 12 nitrogen and oxygen atoms in total. The van der Waals surface area contributed by atoms with Crippen LogP contribution in [-0.2, 0) is 19.2 Å². The molecule has 0 radical (unpaired) electrons. The minimum Gasteiger partial charge on any atom is -0.489 e. The van der Waals surface area contributed by atoms with Gasteiger partial charge in [-0.3, -0.25) is 19.2 Å². The molecule has 0 saturated carbocycles. The molecular formula is C64H98O12. The normalized spacial score (nSPS) is 11.5. The van der Waals surface area contributed by atoms with Crippen molar-refractivity contribution in [2.75, 3.05) is 26.4 Å². The number of benzene rings is 4. The SMILES string of the molecule is O=C(O)CCCCCCCCCCCOc1c(OCCCCCCCCCCCC(=O)O)c2cccc3c(OCCCCCCCCCCCC(=O)O)c(OCCCCCCCCCCCC(=O)O)c4cccc1c4c23. The number of carboxylic acid groups (broad SMARTS) is 4. The molecule has 426 valence electrons. The smallest absolute Gasteiger partial charge is 0.303 e. The van der Waals surface area contributed by atoms with Gasteiger partial charge in [0.05, 0.1) is 26.4 Å². The number of unbranched alkanes of at least 4 members (excludes halogenated alkanes) is 32. The average Bonchev–Trinajstić information content (AvgIpc) is 3.49. The van der Waals surface area contributed by atoms with Gasteiger partial charge in [-0.2, -0.15) is 0 Å². The van der Waals surface area contributed by atoms with Crippen molar-refractivity contribution in [1.29, 1.82) is 0 Å². The summed E-state index contributed by atoms with van der Waals surface area (Å²) in [5.41, 5.74) is 0. The van der Waals surface area contributed by atoms with Crippen LogP contribution >= 0.6 is 0 Å². The molecule has 76 heavy (non-hydrogen) atoms. The van der Waals surface area contributed by atoms with Crippen LogP contribution in [0.2, 0.25) is 0 Å². The molecule has 0 aliphatic heterocycles. The fraction of sp³-hybridized carbons (Fsp3) is 0.688. The van der Waals surface area contributed by atoms with Gasteiger partial charge in [-0.05, 0) is 51.4 Å². The second kappa shape index (κ2) is 40.2. The van der Waals surface area contributed by atoms with Gasteiger partial charge < -0.3 is 39.4 Å². The van der Waals surface area contributed by atoms with Gasteiger partial charge >= 0.3 is 23.9 Å². The first-order valence-electron chi connectivity index (χ1n) is 30.3. The van der Waals surface area contributed by atoms with E-state index in [2.05, 4.69) is 36.4 Å². The van der Waals surface area contributed by atoms with Crippen molar-refractivity contribution in [2.24, 2.45) is 0 Å². The van der Waals surface area contributed by atoms with Crippen molar-refractivity contribution in [3.63, 3.8) is 0 Å². The first-order valence-corrected chi connectivity index (χ1v) is 30.3. The second-order valence-electron chi connectivity index (χ2n) is 21.5. The second-order valence-corrected chi connectivity index (χ2v) is 21.5. The van der Waals surface area contributed by atoms with Crippen LogP contribution in [0.5, 0.6) is 23.0 Å². The predicted molar refractivity (Wildman–Crippen MR) is 307 cm³/mol. The molecule has 0 unspecified atom stereocenters. The third kappa shape index (κ3) is 25.9. The highest BCUT2D eigenvalue weighted by Crippen LogP contribution is 2.53. The number of hydrogen-bond donors (Lipinski definition) is 4. The van der Waals surface area contributed by atoms with Crippen molar-refractivity contribution in [1.82, 2.24) is 0 Å². The Morgan fingerprint density at radius 3 is 0.579 bits per heavy atom. The lowest BCUT2D eigenvalue weighted by atomic mass is 9.91. The topological polar surface area (TPSA) is 186 Å². The summed E-state index contributed by atoms with van der Waals surface area (Å²) in [4.78, 5) is 43.4. The highest BCUT2D eigenvalue weighted by atomic mass is 16.5. The van der Waals surface area contributed by atoms with Gasteiger partial charge in [0.15, 0.2) is 23.0 Å². The molecule has 0 heterocycles. The van der Waals surface area contributed by atoms with Gasteiger partial charge in [-0.1, -0.05) is 216 Å². The van der Waals surface area contributed by atoms with E-state index in [1.165, 1.54) is 51.4 Å². The average molecular weight is 1060 g/mol. The fourth-order valence-corrected chi connectivity index (χ4v) is 10.6. The van der Waals surface area contributed by atoms with Gasteiger partial charge in [-0.15, -0.1) is 0 Å². The largest absolute Gasteiger partial charge is 0.489 e. The zero-order valence-electron chi connectivity index (χ0n) is 46.6. The third-order valence-electron chi connectivity index (χ3n) is 14.9. The summed E-state index contributed by atoms with van der Waals surface area (Å²) in [5.74, 6) is 0.314. The first kappa shape index (κ1) is 63.5. The summed E-state index contributed by atoms with van der Waals surface area (Å²) in [6.07, 6.45) is 38.9.